The first-order valence-corrected chi connectivity index (χ1v) is 4.45. The first kappa shape index (κ1) is 11.4. The third-order valence-electron chi connectivity index (χ3n) is 1.61. The Morgan fingerprint density at radius 3 is 2.75 bits per heavy atom. The van der Waals surface area contributed by atoms with Gasteiger partial charge in [0.15, 0.2) is 0 Å². The number of amides is 1. The maximum atomic E-state index is 11.1. The van der Waals surface area contributed by atoms with Crippen molar-refractivity contribution in [3.8, 4) is 0 Å². The Bertz CT molecular complexity index is 127. The number of hydrogen-bond donors (Lipinski definition) is 3. The average Bonchev–Trinajstić information content (AvgIpc) is 2.10. The van der Waals surface area contributed by atoms with Crippen molar-refractivity contribution < 1.29 is 4.79 Å². The van der Waals surface area contributed by atoms with Crippen LogP contribution in [0.1, 0.15) is 26.2 Å². The summed E-state index contributed by atoms with van der Waals surface area (Å²) in [6.07, 6.45) is 2.42. The number of carbonyl (C=O) groups excluding carboxylic acids is 1. The summed E-state index contributed by atoms with van der Waals surface area (Å²) >= 11 is 0. The predicted octanol–water partition coefficient (Wildman–Crippen LogP) is -0.421. The summed E-state index contributed by atoms with van der Waals surface area (Å²) in [6, 6.07) is -0.389. The predicted molar refractivity (Wildman–Crippen MR) is 49.6 cm³/mol. The van der Waals surface area contributed by atoms with Crippen LogP contribution in [0.3, 0.4) is 0 Å². The van der Waals surface area contributed by atoms with Gasteiger partial charge in [-0.1, -0.05) is 6.92 Å². The molecular weight excluding hydrogens is 154 g/mol. The fraction of sp³-hybridized carbons (Fsp3) is 0.875. The molecule has 4 nitrogen and oxygen atoms in total. The molecule has 4 heteroatoms. The van der Waals surface area contributed by atoms with E-state index in [1.807, 2.05) is 6.92 Å². The molecule has 0 rings (SSSR count). The number of rotatable bonds is 6. The highest BCUT2D eigenvalue weighted by Crippen LogP contribution is 1.92. The molecule has 0 saturated heterocycles. The molecule has 0 aliphatic rings. The van der Waals surface area contributed by atoms with Gasteiger partial charge in [0.25, 0.3) is 0 Å². The molecule has 0 unspecified atom stereocenters. The smallest absolute Gasteiger partial charge is 0.236 e. The monoisotopic (exact) mass is 173 g/mol. The van der Waals surface area contributed by atoms with E-state index in [0.29, 0.717) is 19.5 Å². The van der Waals surface area contributed by atoms with E-state index in [9.17, 15) is 4.79 Å². The minimum absolute atomic E-state index is 0.0645. The molecule has 5 N–H and O–H groups in total. The summed E-state index contributed by atoms with van der Waals surface area (Å²) in [5.41, 5.74) is 10.9. The van der Waals surface area contributed by atoms with E-state index in [4.69, 9.17) is 11.5 Å². The fourth-order valence-corrected chi connectivity index (χ4v) is 0.848. The molecule has 0 heterocycles. The Morgan fingerprint density at radius 1 is 1.58 bits per heavy atom. The summed E-state index contributed by atoms with van der Waals surface area (Å²) in [4.78, 5) is 11.1. The van der Waals surface area contributed by atoms with Crippen LogP contribution in [0.25, 0.3) is 0 Å². The summed E-state index contributed by atoms with van der Waals surface area (Å²) in [6.45, 7) is 3.30. The molecule has 0 radical (unpaired) electrons. The van der Waals surface area contributed by atoms with Gasteiger partial charge in [-0.15, -0.1) is 0 Å². The van der Waals surface area contributed by atoms with E-state index < -0.39 is 0 Å². The minimum Gasteiger partial charge on any atom is -0.355 e. The molecule has 0 aromatic carbocycles. The number of nitrogens with one attached hydrogen (secondary N) is 1. The molecule has 0 fully saturated rings. The van der Waals surface area contributed by atoms with Crippen molar-refractivity contribution in [1.29, 1.82) is 0 Å². The Kier molecular flexibility index (Phi) is 6.70. The fourth-order valence-electron chi connectivity index (χ4n) is 0.848. The third-order valence-corrected chi connectivity index (χ3v) is 1.61. The molecule has 1 amide bonds. The zero-order chi connectivity index (χ0) is 9.40. The maximum Gasteiger partial charge on any atom is 0.236 e. The molecule has 0 spiro atoms. The summed E-state index contributed by atoms with van der Waals surface area (Å²) in [7, 11) is 0. The maximum absolute atomic E-state index is 11.1. The minimum atomic E-state index is -0.389. The summed E-state index contributed by atoms with van der Waals surface area (Å²) < 4.78 is 0. The van der Waals surface area contributed by atoms with Gasteiger partial charge < -0.3 is 16.8 Å². The highest BCUT2D eigenvalue weighted by Gasteiger charge is 2.10. The van der Waals surface area contributed by atoms with Gasteiger partial charge in [-0.25, -0.2) is 0 Å². The van der Waals surface area contributed by atoms with E-state index in [1.54, 1.807) is 0 Å². The van der Waals surface area contributed by atoms with Crippen LogP contribution in [0.15, 0.2) is 0 Å². The summed E-state index contributed by atoms with van der Waals surface area (Å²) in [5.74, 6) is -0.0645. The van der Waals surface area contributed by atoms with Crippen molar-refractivity contribution >= 4 is 5.91 Å². The summed E-state index contributed by atoms with van der Waals surface area (Å²) in [5, 5.41) is 2.74. The van der Waals surface area contributed by atoms with E-state index >= 15 is 0 Å². The van der Waals surface area contributed by atoms with E-state index in [1.165, 1.54) is 0 Å². The Hall–Kier alpha value is -0.610. The molecule has 0 aliphatic carbocycles. The molecular formula is C8H19N3O. The Morgan fingerprint density at radius 2 is 2.25 bits per heavy atom. The van der Waals surface area contributed by atoms with Crippen molar-refractivity contribution in [2.45, 2.75) is 32.2 Å². The van der Waals surface area contributed by atoms with E-state index in [-0.39, 0.29) is 11.9 Å². The van der Waals surface area contributed by atoms with Crippen LogP contribution in [-0.4, -0.2) is 25.0 Å². The SMILES string of the molecule is CCCNC(=O)[C@H](N)CCCN. The molecule has 12 heavy (non-hydrogen) atoms. The van der Waals surface area contributed by atoms with Gasteiger partial charge in [0, 0.05) is 6.54 Å². The lowest BCUT2D eigenvalue weighted by molar-refractivity contribution is -0.122. The molecule has 0 aliphatic heterocycles. The van der Waals surface area contributed by atoms with Crippen molar-refractivity contribution in [2.75, 3.05) is 13.1 Å². The van der Waals surface area contributed by atoms with Gasteiger partial charge in [-0.2, -0.15) is 0 Å². The molecule has 0 bridgehead atoms. The van der Waals surface area contributed by atoms with Gasteiger partial charge in [0.1, 0.15) is 0 Å². The van der Waals surface area contributed by atoms with Crippen LogP contribution in [0, 0.1) is 0 Å². The van der Waals surface area contributed by atoms with Crippen molar-refractivity contribution in [3.05, 3.63) is 0 Å². The Labute approximate surface area is 73.7 Å². The lowest BCUT2D eigenvalue weighted by Gasteiger charge is -2.10. The van der Waals surface area contributed by atoms with Crippen LogP contribution in [0.2, 0.25) is 0 Å². The normalized spacial score (nSPS) is 12.6. The number of hydrogen-bond acceptors (Lipinski definition) is 3. The molecule has 72 valence electrons. The molecule has 0 saturated carbocycles. The van der Waals surface area contributed by atoms with Crippen LogP contribution in [0.4, 0.5) is 0 Å². The van der Waals surface area contributed by atoms with E-state index in [2.05, 4.69) is 5.32 Å². The van der Waals surface area contributed by atoms with Crippen molar-refractivity contribution in [2.24, 2.45) is 11.5 Å². The largest absolute Gasteiger partial charge is 0.355 e. The zero-order valence-corrected chi connectivity index (χ0v) is 7.68. The zero-order valence-electron chi connectivity index (χ0n) is 7.68. The first-order chi connectivity index (χ1) is 5.72. The topological polar surface area (TPSA) is 81.1 Å². The third kappa shape index (κ3) is 5.09. The van der Waals surface area contributed by atoms with Crippen LogP contribution >= 0.6 is 0 Å². The second kappa shape index (κ2) is 7.06. The number of carbonyl (C=O) groups is 1. The van der Waals surface area contributed by atoms with Crippen LogP contribution < -0.4 is 16.8 Å². The van der Waals surface area contributed by atoms with Crippen molar-refractivity contribution in [3.63, 3.8) is 0 Å². The highest BCUT2D eigenvalue weighted by atomic mass is 16.2. The first-order valence-electron chi connectivity index (χ1n) is 4.45. The van der Waals surface area contributed by atoms with Gasteiger partial charge >= 0.3 is 0 Å². The van der Waals surface area contributed by atoms with Crippen molar-refractivity contribution in [1.82, 2.24) is 5.32 Å². The lowest BCUT2D eigenvalue weighted by atomic mass is 10.1. The standard InChI is InChI=1S/C8H19N3O/c1-2-6-11-8(12)7(10)4-3-5-9/h7H,2-6,9-10H2,1H3,(H,11,12)/t7-/m1/s1. The highest BCUT2D eigenvalue weighted by molar-refractivity contribution is 5.81. The molecule has 0 aromatic rings. The van der Waals surface area contributed by atoms with Crippen LogP contribution in [0.5, 0.6) is 0 Å². The van der Waals surface area contributed by atoms with E-state index in [0.717, 1.165) is 12.8 Å². The Balaban J connectivity index is 3.47. The number of nitrogens with two attached hydrogens (primary N) is 2. The average molecular weight is 173 g/mol. The second-order valence-corrected chi connectivity index (χ2v) is 2.83. The second-order valence-electron chi connectivity index (χ2n) is 2.83. The quantitative estimate of drug-likeness (QED) is 0.510. The molecule has 0 aromatic heterocycles. The van der Waals surface area contributed by atoms with Gasteiger partial charge in [-0.3, -0.25) is 4.79 Å². The van der Waals surface area contributed by atoms with Gasteiger partial charge in [0.05, 0.1) is 6.04 Å². The molecule has 1 atom stereocenters. The van der Waals surface area contributed by atoms with Crippen LogP contribution in [-0.2, 0) is 4.79 Å². The van der Waals surface area contributed by atoms with Gasteiger partial charge in [0.2, 0.25) is 5.91 Å². The van der Waals surface area contributed by atoms with Gasteiger partial charge in [-0.05, 0) is 25.8 Å². The lowest BCUT2D eigenvalue weighted by Crippen LogP contribution is -2.41.